The van der Waals surface area contributed by atoms with Crippen LogP contribution in [0.3, 0.4) is 0 Å². The minimum Gasteiger partial charge on any atom is -0.326 e. The zero-order valence-electron chi connectivity index (χ0n) is 9.83. The van der Waals surface area contributed by atoms with Gasteiger partial charge in [0.05, 0.1) is 16.8 Å². The van der Waals surface area contributed by atoms with Gasteiger partial charge in [0.1, 0.15) is 0 Å². The molecule has 0 bridgehead atoms. The van der Waals surface area contributed by atoms with Gasteiger partial charge in [0.15, 0.2) is 0 Å². The molecular formula is C12H12N2O3. The van der Waals surface area contributed by atoms with E-state index in [1.807, 2.05) is 0 Å². The van der Waals surface area contributed by atoms with Gasteiger partial charge >= 0.3 is 0 Å². The second-order valence-corrected chi connectivity index (χ2v) is 4.03. The molecule has 1 N–H and O–H groups in total. The van der Waals surface area contributed by atoms with Gasteiger partial charge in [-0.1, -0.05) is 6.07 Å². The fourth-order valence-corrected chi connectivity index (χ4v) is 1.93. The fraction of sp³-hybridized carbons (Fsp3) is 0.250. The van der Waals surface area contributed by atoms with E-state index in [0.29, 0.717) is 11.3 Å². The van der Waals surface area contributed by atoms with Gasteiger partial charge in [0, 0.05) is 14.0 Å². The Balaban J connectivity index is 2.66. The van der Waals surface area contributed by atoms with Crippen molar-refractivity contribution in [1.82, 2.24) is 4.90 Å². The van der Waals surface area contributed by atoms with Gasteiger partial charge in [-0.3, -0.25) is 19.3 Å². The molecule has 1 aromatic rings. The van der Waals surface area contributed by atoms with Crippen LogP contribution in [-0.4, -0.2) is 29.7 Å². The molecule has 3 amide bonds. The quantitative estimate of drug-likeness (QED) is 0.739. The SMILES string of the molecule is CC(=O)Nc1ccc(C)c2c1C(=O)N(C)C2=O. The molecule has 0 spiro atoms. The summed E-state index contributed by atoms with van der Waals surface area (Å²) in [6, 6.07) is 3.36. The molecule has 5 nitrogen and oxygen atoms in total. The lowest BCUT2D eigenvalue weighted by atomic mass is 10.0. The van der Waals surface area contributed by atoms with Gasteiger partial charge in [0.2, 0.25) is 5.91 Å². The van der Waals surface area contributed by atoms with E-state index in [9.17, 15) is 14.4 Å². The number of hydrogen-bond acceptors (Lipinski definition) is 3. The lowest BCUT2D eigenvalue weighted by molar-refractivity contribution is -0.114. The number of rotatable bonds is 1. The van der Waals surface area contributed by atoms with Gasteiger partial charge in [0.25, 0.3) is 11.8 Å². The molecule has 0 saturated heterocycles. The maximum absolute atomic E-state index is 11.9. The summed E-state index contributed by atoms with van der Waals surface area (Å²) in [5, 5.41) is 2.57. The van der Waals surface area contributed by atoms with Crippen LogP contribution >= 0.6 is 0 Å². The Morgan fingerprint density at radius 1 is 1.18 bits per heavy atom. The third-order valence-corrected chi connectivity index (χ3v) is 2.76. The standard InChI is InChI=1S/C12H12N2O3/c1-6-4-5-8(13-7(2)15)10-9(6)11(16)14(3)12(10)17/h4-5H,1-3H3,(H,13,15). The number of nitrogens with zero attached hydrogens (tertiary/aromatic N) is 1. The largest absolute Gasteiger partial charge is 0.326 e. The fourth-order valence-electron chi connectivity index (χ4n) is 1.93. The molecule has 1 heterocycles. The molecule has 2 rings (SSSR count). The topological polar surface area (TPSA) is 66.5 Å². The molecule has 0 saturated carbocycles. The molecule has 1 aliphatic rings. The lowest BCUT2D eigenvalue weighted by Crippen LogP contribution is -2.24. The summed E-state index contributed by atoms with van der Waals surface area (Å²) in [5.41, 5.74) is 1.79. The van der Waals surface area contributed by atoms with Gasteiger partial charge in [-0.05, 0) is 18.6 Å². The van der Waals surface area contributed by atoms with Crippen LogP contribution in [0.25, 0.3) is 0 Å². The van der Waals surface area contributed by atoms with Crippen LogP contribution in [0.5, 0.6) is 0 Å². The van der Waals surface area contributed by atoms with E-state index >= 15 is 0 Å². The third kappa shape index (κ3) is 1.60. The number of nitrogens with one attached hydrogen (secondary N) is 1. The zero-order chi connectivity index (χ0) is 12.7. The highest BCUT2D eigenvalue weighted by molar-refractivity contribution is 6.24. The van der Waals surface area contributed by atoms with Crippen molar-refractivity contribution in [3.63, 3.8) is 0 Å². The molecular weight excluding hydrogens is 220 g/mol. The Morgan fingerprint density at radius 2 is 1.76 bits per heavy atom. The maximum atomic E-state index is 11.9. The highest BCUT2D eigenvalue weighted by Crippen LogP contribution is 2.30. The molecule has 0 aliphatic carbocycles. The van der Waals surface area contributed by atoms with Gasteiger partial charge in [-0.25, -0.2) is 0 Å². The number of aryl methyl sites for hydroxylation is 1. The molecule has 0 fully saturated rings. The molecule has 0 atom stereocenters. The average Bonchev–Trinajstić information content (AvgIpc) is 2.48. The van der Waals surface area contributed by atoms with Crippen LogP contribution in [0.1, 0.15) is 33.2 Å². The van der Waals surface area contributed by atoms with E-state index < -0.39 is 0 Å². The van der Waals surface area contributed by atoms with Crippen LogP contribution in [0, 0.1) is 6.92 Å². The van der Waals surface area contributed by atoms with Gasteiger partial charge in [-0.15, -0.1) is 0 Å². The molecule has 1 aromatic carbocycles. The summed E-state index contributed by atoms with van der Waals surface area (Å²) in [6.45, 7) is 3.12. The molecule has 0 radical (unpaired) electrons. The maximum Gasteiger partial charge on any atom is 0.263 e. The number of carbonyl (C=O) groups excluding carboxylic acids is 3. The zero-order valence-corrected chi connectivity index (χ0v) is 9.83. The van der Waals surface area contributed by atoms with Crippen molar-refractivity contribution >= 4 is 23.4 Å². The minimum absolute atomic E-state index is 0.272. The van der Waals surface area contributed by atoms with Crippen molar-refractivity contribution in [2.24, 2.45) is 0 Å². The summed E-state index contributed by atoms with van der Waals surface area (Å²) in [5.74, 6) is -0.974. The average molecular weight is 232 g/mol. The number of anilines is 1. The van der Waals surface area contributed by atoms with Crippen molar-refractivity contribution < 1.29 is 14.4 Å². The second-order valence-electron chi connectivity index (χ2n) is 4.03. The lowest BCUT2D eigenvalue weighted by Gasteiger charge is -2.07. The van der Waals surface area contributed by atoms with Crippen molar-refractivity contribution in [1.29, 1.82) is 0 Å². The highest BCUT2D eigenvalue weighted by Gasteiger charge is 2.36. The summed E-state index contributed by atoms with van der Waals surface area (Å²) in [7, 11) is 1.43. The number of imide groups is 1. The van der Waals surface area contributed by atoms with Crippen molar-refractivity contribution in [3.05, 3.63) is 28.8 Å². The first kappa shape index (κ1) is 11.3. The minimum atomic E-state index is -0.377. The molecule has 17 heavy (non-hydrogen) atoms. The van der Waals surface area contributed by atoms with Crippen LogP contribution in [0.2, 0.25) is 0 Å². The Hall–Kier alpha value is -2.17. The second kappa shape index (κ2) is 3.69. The van der Waals surface area contributed by atoms with E-state index in [2.05, 4.69) is 5.32 Å². The number of hydrogen-bond donors (Lipinski definition) is 1. The smallest absolute Gasteiger partial charge is 0.263 e. The highest BCUT2D eigenvalue weighted by atomic mass is 16.2. The molecule has 0 aromatic heterocycles. The summed E-state index contributed by atoms with van der Waals surface area (Å²) >= 11 is 0. The van der Waals surface area contributed by atoms with Crippen LogP contribution in [0.15, 0.2) is 12.1 Å². The number of carbonyl (C=O) groups is 3. The molecule has 1 aliphatic heterocycles. The Kier molecular flexibility index (Phi) is 2.46. The van der Waals surface area contributed by atoms with E-state index in [1.54, 1.807) is 19.1 Å². The summed E-state index contributed by atoms with van der Waals surface area (Å²) in [4.78, 5) is 35.9. The third-order valence-electron chi connectivity index (χ3n) is 2.76. The number of fused-ring (bicyclic) bond motifs is 1. The summed E-state index contributed by atoms with van der Waals surface area (Å²) in [6.07, 6.45) is 0. The molecule has 5 heteroatoms. The van der Waals surface area contributed by atoms with E-state index in [1.165, 1.54) is 14.0 Å². The molecule has 88 valence electrons. The molecule has 0 unspecified atom stereocenters. The van der Waals surface area contributed by atoms with E-state index in [0.717, 1.165) is 10.5 Å². The van der Waals surface area contributed by atoms with Gasteiger partial charge in [-0.2, -0.15) is 0 Å². The number of benzene rings is 1. The first-order valence-electron chi connectivity index (χ1n) is 5.17. The number of amides is 3. The monoisotopic (exact) mass is 232 g/mol. The Labute approximate surface area is 98.4 Å². The first-order chi connectivity index (χ1) is 7.93. The van der Waals surface area contributed by atoms with E-state index in [4.69, 9.17) is 0 Å². The summed E-state index contributed by atoms with van der Waals surface area (Å²) < 4.78 is 0. The first-order valence-corrected chi connectivity index (χ1v) is 5.17. The van der Waals surface area contributed by atoms with Crippen LogP contribution < -0.4 is 5.32 Å². The normalized spacial score (nSPS) is 13.9. The Morgan fingerprint density at radius 3 is 2.35 bits per heavy atom. The van der Waals surface area contributed by atoms with Gasteiger partial charge < -0.3 is 5.32 Å². The van der Waals surface area contributed by atoms with E-state index in [-0.39, 0.29) is 23.3 Å². The van der Waals surface area contributed by atoms with Crippen LogP contribution in [0.4, 0.5) is 5.69 Å². The van der Waals surface area contributed by atoms with Crippen LogP contribution in [-0.2, 0) is 4.79 Å². The predicted octanol–water partition coefficient (Wildman–Crippen LogP) is 1.18. The van der Waals surface area contributed by atoms with Crippen molar-refractivity contribution in [2.45, 2.75) is 13.8 Å². The Bertz CT molecular complexity index is 549. The van der Waals surface area contributed by atoms with Crippen molar-refractivity contribution in [3.8, 4) is 0 Å². The van der Waals surface area contributed by atoms with Crippen molar-refractivity contribution in [2.75, 3.05) is 12.4 Å². The predicted molar refractivity (Wildman–Crippen MR) is 61.9 cm³/mol.